The summed E-state index contributed by atoms with van der Waals surface area (Å²) in [5.74, 6) is 0. The van der Waals surface area contributed by atoms with Crippen molar-refractivity contribution in [1.82, 2.24) is 4.90 Å². The maximum absolute atomic E-state index is 12.3. The van der Waals surface area contributed by atoms with Crippen molar-refractivity contribution in [1.29, 1.82) is 0 Å². The van der Waals surface area contributed by atoms with E-state index < -0.39 is 0 Å². The molecule has 0 spiro atoms. The summed E-state index contributed by atoms with van der Waals surface area (Å²) in [6, 6.07) is 7.85. The van der Waals surface area contributed by atoms with Gasteiger partial charge in [0.2, 0.25) is 0 Å². The Hall–Kier alpha value is -1.71. The lowest BCUT2D eigenvalue weighted by atomic mass is 9.98. The van der Waals surface area contributed by atoms with Crippen molar-refractivity contribution in [2.45, 2.75) is 45.2 Å². The molecule has 1 aromatic rings. The Morgan fingerprint density at radius 3 is 2.61 bits per heavy atom. The molecule has 1 fully saturated rings. The minimum atomic E-state index is -0.0275. The summed E-state index contributed by atoms with van der Waals surface area (Å²) in [6.07, 6.45) is 3.35. The predicted octanol–water partition coefficient (Wildman–Crippen LogP) is 3.06. The average Bonchev–Trinajstić information content (AvgIpc) is 2.28. The van der Waals surface area contributed by atoms with Crippen LogP contribution in [-0.4, -0.2) is 23.0 Å². The number of hydrogen-bond acceptors (Lipinski definition) is 2. The van der Waals surface area contributed by atoms with Crippen LogP contribution in [0, 0.1) is 0 Å². The van der Waals surface area contributed by atoms with Gasteiger partial charge < -0.3 is 16.0 Å². The van der Waals surface area contributed by atoms with Crippen LogP contribution in [0.15, 0.2) is 24.3 Å². The molecule has 1 heterocycles. The van der Waals surface area contributed by atoms with Gasteiger partial charge in [-0.1, -0.05) is 6.07 Å². The Labute approximate surface area is 108 Å². The zero-order chi connectivity index (χ0) is 13.1. The summed E-state index contributed by atoms with van der Waals surface area (Å²) in [7, 11) is 0. The van der Waals surface area contributed by atoms with Crippen LogP contribution in [0.1, 0.15) is 33.1 Å². The zero-order valence-corrected chi connectivity index (χ0v) is 11.0. The van der Waals surface area contributed by atoms with Crippen molar-refractivity contribution in [3.8, 4) is 0 Å². The number of hydrogen-bond donors (Lipinski definition) is 2. The summed E-state index contributed by atoms with van der Waals surface area (Å²) in [5, 5.41) is 2.92. The van der Waals surface area contributed by atoms with Crippen molar-refractivity contribution >= 4 is 17.4 Å². The maximum atomic E-state index is 12.3. The van der Waals surface area contributed by atoms with Crippen LogP contribution in [0.3, 0.4) is 0 Å². The molecule has 2 amide bonds. The Morgan fingerprint density at radius 2 is 2.00 bits per heavy atom. The number of urea groups is 1. The third-order valence-electron chi connectivity index (χ3n) is 3.57. The molecule has 0 bridgehead atoms. The fourth-order valence-corrected chi connectivity index (χ4v) is 2.63. The Morgan fingerprint density at radius 1 is 1.33 bits per heavy atom. The molecule has 1 aliphatic heterocycles. The molecule has 98 valence electrons. The lowest BCUT2D eigenvalue weighted by Crippen LogP contribution is -2.49. The number of benzene rings is 1. The fourth-order valence-electron chi connectivity index (χ4n) is 2.63. The summed E-state index contributed by atoms with van der Waals surface area (Å²) in [5.41, 5.74) is 7.12. The number of rotatable bonds is 1. The highest BCUT2D eigenvalue weighted by Crippen LogP contribution is 2.23. The second-order valence-electron chi connectivity index (χ2n) is 5.09. The topological polar surface area (TPSA) is 58.4 Å². The van der Waals surface area contributed by atoms with E-state index in [1.54, 1.807) is 6.07 Å². The molecular weight excluding hydrogens is 226 g/mol. The van der Waals surface area contributed by atoms with Crippen molar-refractivity contribution in [2.75, 3.05) is 11.1 Å². The van der Waals surface area contributed by atoms with E-state index in [1.165, 1.54) is 6.42 Å². The van der Waals surface area contributed by atoms with Gasteiger partial charge in [-0.25, -0.2) is 4.79 Å². The molecule has 1 aliphatic rings. The van der Waals surface area contributed by atoms with Crippen molar-refractivity contribution in [3.05, 3.63) is 24.3 Å². The number of likely N-dealkylation sites (tertiary alicyclic amines) is 1. The number of carbonyl (C=O) groups is 1. The van der Waals surface area contributed by atoms with Gasteiger partial charge in [0.15, 0.2) is 0 Å². The lowest BCUT2D eigenvalue weighted by molar-refractivity contribution is 0.133. The number of piperidine rings is 1. The first-order valence-corrected chi connectivity index (χ1v) is 6.53. The Balaban J connectivity index is 2.07. The highest BCUT2D eigenvalue weighted by Gasteiger charge is 2.28. The second-order valence-corrected chi connectivity index (χ2v) is 5.09. The van der Waals surface area contributed by atoms with Gasteiger partial charge in [0.25, 0.3) is 0 Å². The molecule has 0 radical (unpaired) electrons. The Kier molecular flexibility index (Phi) is 3.75. The van der Waals surface area contributed by atoms with E-state index in [0.717, 1.165) is 18.5 Å². The number of nitrogen functional groups attached to an aromatic ring is 1. The predicted molar refractivity (Wildman–Crippen MR) is 74.5 cm³/mol. The fraction of sp³-hybridized carbons (Fsp3) is 0.500. The third kappa shape index (κ3) is 2.75. The highest BCUT2D eigenvalue weighted by atomic mass is 16.2. The van der Waals surface area contributed by atoms with E-state index in [-0.39, 0.29) is 6.03 Å². The molecule has 0 aliphatic carbocycles. The summed E-state index contributed by atoms with van der Waals surface area (Å²) in [4.78, 5) is 14.2. The molecule has 2 atom stereocenters. The number of anilines is 2. The number of amides is 2. The van der Waals surface area contributed by atoms with Gasteiger partial charge in [-0.3, -0.25) is 0 Å². The first-order chi connectivity index (χ1) is 8.58. The summed E-state index contributed by atoms with van der Waals surface area (Å²) >= 11 is 0. The van der Waals surface area contributed by atoms with Crippen LogP contribution in [0.4, 0.5) is 16.2 Å². The molecule has 1 aromatic carbocycles. The van der Waals surface area contributed by atoms with Gasteiger partial charge in [0.05, 0.1) is 0 Å². The number of carbonyl (C=O) groups excluding carboxylic acids is 1. The van der Waals surface area contributed by atoms with Crippen molar-refractivity contribution in [3.63, 3.8) is 0 Å². The minimum absolute atomic E-state index is 0.0275. The molecular formula is C14H21N3O. The lowest BCUT2D eigenvalue weighted by Gasteiger charge is -2.38. The van der Waals surface area contributed by atoms with Crippen LogP contribution in [0.5, 0.6) is 0 Å². The van der Waals surface area contributed by atoms with E-state index in [9.17, 15) is 4.79 Å². The van der Waals surface area contributed by atoms with Gasteiger partial charge in [-0.05, 0) is 51.3 Å². The van der Waals surface area contributed by atoms with E-state index in [1.807, 2.05) is 23.1 Å². The van der Waals surface area contributed by atoms with Crippen LogP contribution < -0.4 is 11.1 Å². The van der Waals surface area contributed by atoms with E-state index in [2.05, 4.69) is 19.2 Å². The molecule has 18 heavy (non-hydrogen) atoms. The maximum Gasteiger partial charge on any atom is 0.322 e. The monoisotopic (exact) mass is 247 g/mol. The van der Waals surface area contributed by atoms with Crippen LogP contribution in [-0.2, 0) is 0 Å². The third-order valence-corrected chi connectivity index (χ3v) is 3.57. The minimum Gasteiger partial charge on any atom is -0.399 e. The standard InChI is InChI=1S/C14H21N3O/c1-10-5-3-6-11(2)17(10)14(18)16-13-8-4-7-12(15)9-13/h4,7-11H,3,5-6,15H2,1-2H3,(H,16,18). The summed E-state index contributed by atoms with van der Waals surface area (Å²) in [6.45, 7) is 4.21. The van der Waals surface area contributed by atoms with Crippen LogP contribution in [0.25, 0.3) is 0 Å². The molecule has 1 saturated heterocycles. The zero-order valence-electron chi connectivity index (χ0n) is 11.0. The first-order valence-electron chi connectivity index (χ1n) is 6.53. The number of nitrogens with zero attached hydrogens (tertiary/aromatic N) is 1. The van der Waals surface area contributed by atoms with E-state index in [0.29, 0.717) is 17.8 Å². The molecule has 2 unspecified atom stereocenters. The van der Waals surface area contributed by atoms with E-state index in [4.69, 9.17) is 5.73 Å². The van der Waals surface area contributed by atoms with Gasteiger partial charge in [-0.15, -0.1) is 0 Å². The van der Waals surface area contributed by atoms with Gasteiger partial charge in [0, 0.05) is 23.5 Å². The normalized spacial score (nSPS) is 23.8. The highest BCUT2D eigenvalue weighted by molar-refractivity contribution is 5.90. The van der Waals surface area contributed by atoms with Crippen molar-refractivity contribution in [2.24, 2.45) is 0 Å². The Bertz CT molecular complexity index is 423. The van der Waals surface area contributed by atoms with Crippen molar-refractivity contribution < 1.29 is 4.79 Å². The van der Waals surface area contributed by atoms with Crippen LogP contribution in [0.2, 0.25) is 0 Å². The second kappa shape index (κ2) is 5.29. The van der Waals surface area contributed by atoms with Crippen LogP contribution >= 0.6 is 0 Å². The number of nitrogens with two attached hydrogens (primary N) is 1. The smallest absolute Gasteiger partial charge is 0.322 e. The quantitative estimate of drug-likeness (QED) is 0.749. The average molecular weight is 247 g/mol. The number of nitrogens with one attached hydrogen (secondary N) is 1. The molecule has 4 heteroatoms. The van der Waals surface area contributed by atoms with Gasteiger partial charge >= 0.3 is 6.03 Å². The largest absolute Gasteiger partial charge is 0.399 e. The molecule has 2 rings (SSSR count). The van der Waals surface area contributed by atoms with E-state index >= 15 is 0 Å². The molecule has 0 saturated carbocycles. The molecule has 4 nitrogen and oxygen atoms in total. The molecule has 3 N–H and O–H groups in total. The first kappa shape index (κ1) is 12.7. The molecule has 0 aromatic heterocycles. The van der Waals surface area contributed by atoms with Gasteiger partial charge in [0.1, 0.15) is 0 Å². The van der Waals surface area contributed by atoms with Gasteiger partial charge in [-0.2, -0.15) is 0 Å². The SMILES string of the molecule is CC1CCCC(C)N1C(=O)Nc1cccc(N)c1. The summed E-state index contributed by atoms with van der Waals surface area (Å²) < 4.78 is 0.